The molecule has 1 heterocycles. The van der Waals surface area contributed by atoms with Gasteiger partial charge in [-0.05, 0) is 37.9 Å². The normalized spacial score (nSPS) is 21.4. The Labute approximate surface area is 104 Å². The Morgan fingerprint density at radius 3 is 3.00 bits per heavy atom. The highest BCUT2D eigenvalue weighted by molar-refractivity contribution is 5.31. The van der Waals surface area contributed by atoms with Crippen molar-refractivity contribution in [3.63, 3.8) is 0 Å². The smallest absolute Gasteiger partial charge is 0.122 e. The van der Waals surface area contributed by atoms with E-state index in [0.717, 1.165) is 38.4 Å². The number of nitrogens with zero attached hydrogens (tertiary/aromatic N) is 1. The highest BCUT2D eigenvalue weighted by atomic mass is 16.5. The number of aryl methyl sites for hydroxylation is 1. The highest BCUT2D eigenvalue weighted by Gasteiger charge is 2.15. The molecule has 1 aromatic rings. The van der Waals surface area contributed by atoms with Crippen molar-refractivity contribution in [2.45, 2.75) is 25.8 Å². The number of hydrogen-bond acceptors (Lipinski definition) is 3. The SMILES string of the molecule is Cc1ccccc1OCCN1CCCC(N)C1. The second-order valence-electron chi connectivity index (χ2n) is 4.82. The van der Waals surface area contributed by atoms with E-state index in [9.17, 15) is 0 Å². The molecule has 3 nitrogen and oxygen atoms in total. The van der Waals surface area contributed by atoms with Crippen LogP contribution in [-0.4, -0.2) is 37.2 Å². The molecule has 1 aliphatic heterocycles. The molecule has 0 aliphatic carbocycles. The van der Waals surface area contributed by atoms with E-state index in [4.69, 9.17) is 10.5 Å². The van der Waals surface area contributed by atoms with Crippen LogP contribution in [0.15, 0.2) is 24.3 Å². The third kappa shape index (κ3) is 3.72. The Balaban J connectivity index is 1.74. The lowest BCUT2D eigenvalue weighted by Crippen LogP contribution is -2.44. The van der Waals surface area contributed by atoms with Crippen molar-refractivity contribution in [1.82, 2.24) is 4.90 Å². The number of hydrogen-bond donors (Lipinski definition) is 1. The van der Waals surface area contributed by atoms with Crippen LogP contribution >= 0.6 is 0 Å². The number of benzene rings is 1. The molecule has 17 heavy (non-hydrogen) atoms. The van der Waals surface area contributed by atoms with E-state index in [1.165, 1.54) is 12.0 Å². The van der Waals surface area contributed by atoms with Crippen molar-refractivity contribution in [3.8, 4) is 5.75 Å². The Morgan fingerprint density at radius 1 is 1.41 bits per heavy atom. The van der Waals surface area contributed by atoms with Gasteiger partial charge in [-0.1, -0.05) is 18.2 Å². The van der Waals surface area contributed by atoms with Crippen molar-refractivity contribution < 1.29 is 4.74 Å². The minimum Gasteiger partial charge on any atom is -0.492 e. The lowest BCUT2D eigenvalue weighted by molar-refractivity contribution is 0.171. The van der Waals surface area contributed by atoms with Gasteiger partial charge in [0.15, 0.2) is 0 Å². The molecule has 94 valence electrons. The van der Waals surface area contributed by atoms with Gasteiger partial charge in [-0.2, -0.15) is 0 Å². The molecule has 0 bridgehead atoms. The Bertz CT molecular complexity index is 354. The van der Waals surface area contributed by atoms with E-state index in [1.54, 1.807) is 0 Å². The molecular weight excluding hydrogens is 212 g/mol. The Hall–Kier alpha value is -1.06. The first-order valence-electron chi connectivity index (χ1n) is 6.42. The van der Waals surface area contributed by atoms with Gasteiger partial charge in [0.1, 0.15) is 12.4 Å². The van der Waals surface area contributed by atoms with Crippen LogP contribution in [0.25, 0.3) is 0 Å². The molecule has 1 aliphatic rings. The number of ether oxygens (including phenoxy) is 1. The fraction of sp³-hybridized carbons (Fsp3) is 0.571. The average molecular weight is 234 g/mol. The summed E-state index contributed by atoms with van der Waals surface area (Å²) in [5.74, 6) is 0.994. The summed E-state index contributed by atoms with van der Waals surface area (Å²) >= 11 is 0. The van der Waals surface area contributed by atoms with Crippen LogP contribution < -0.4 is 10.5 Å². The summed E-state index contributed by atoms with van der Waals surface area (Å²) in [6.07, 6.45) is 2.38. The van der Waals surface area contributed by atoms with Crippen molar-refractivity contribution in [3.05, 3.63) is 29.8 Å². The van der Waals surface area contributed by atoms with Gasteiger partial charge in [-0.25, -0.2) is 0 Å². The van der Waals surface area contributed by atoms with Crippen molar-refractivity contribution >= 4 is 0 Å². The van der Waals surface area contributed by atoms with E-state index in [2.05, 4.69) is 17.9 Å². The summed E-state index contributed by atoms with van der Waals surface area (Å²) in [6.45, 7) is 5.97. The molecule has 0 amide bonds. The van der Waals surface area contributed by atoms with Gasteiger partial charge in [0.2, 0.25) is 0 Å². The number of rotatable bonds is 4. The van der Waals surface area contributed by atoms with Crippen LogP contribution in [-0.2, 0) is 0 Å². The average Bonchev–Trinajstić information content (AvgIpc) is 2.32. The van der Waals surface area contributed by atoms with E-state index < -0.39 is 0 Å². The van der Waals surface area contributed by atoms with Crippen LogP contribution in [0.4, 0.5) is 0 Å². The topological polar surface area (TPSA) is 38.5 Å². The van der Waals surface area contributed by atoms with Crippen LogP contribution in [0, 0.1) is 6.92 Å². The lowest BCUT2D eigenvalue weighted by atomic mass is 10.1. The molecule has 1 aromatic carbocycles. The van der Waals surface area contributed by atoms with Crippen LogP contribution in [0.5, 0.6) is 5.75 Å². The minimum absolute atomic E-state index is 0.349. The fourth-order valence-electron chi connectivity index (χ4n) is 2.30. The van der Waals surface area contributed by atoms with Crippen molar-refractivity contribution in [1.29, 1.82) is 0 Å². The number of piperidine rings is 1. The van der Waals surface area contributed by atoms with E-state index in [1.807, 2.05) is 18.2 Å². The molecule has 2 N–H and O–H groups in total. The minimum atomic E-state index is 0.349. The maximum atomic E-state index is 5.95. The Kier molecular flexibility index (Phi) is 4.40. The summed E-state index contributed by atoms with van der Waals surface area (Å²) in [5.41, 5.74) is 7.15. The van der Waals surface area contributed by atoms with Crippen molar-refractivity contribution in [2.24, 2.45) is 5.73 Å². The predicted octanol–water partition coefficient (Wildman–Crippen LogP) is 1.80. The zero-order valence-corrected chi connectivity index (χ0v) is 10.6. The molecule has 3 heteroatoms. The summed E-state index contributed by atoms with van der Waals surface area (Å²) in [4.78, 5) is 2.40. The summed E-state index contributed by atoms with van der Waals surface area (Å²) in [5, 5.41) is 0. The lowest BCUT2D eigenvalue weighted by Gasteiger charge is -2.30. The molecule has 0 aromatic heterocycles. The number of para-hydroxylation sites is 1. The van der Waals surface area contributed by atoms with Crippen molar-refractivity contribution in [2.75, 3.05) is 26.2 Å². The summed E-state index contributed by atoms with van der Waals surface area (Å²) < 4.78 is 5.79. The standard InChI is InChI=1S/C14H22N2O/c1-12-5-2-3-7-14(12)17-10-9-16-8-4-6-13(15)11-16/h2-3,5,7,13H,4,6,8-11,15H2,1H3. The first kappa shape index (κ1) is 12.4. The van der Waals surface area contributed by atoms with Gasteiger partial charge < -0.3 is 10.5 Å². The molecule has 2 rings (SSSR count). The highest BCUT2D eigenvalue weighted by Crippen LogP contribution is 2.16. The van der Waals surface area contributed by atoms with Gasteiger partial charge >= 0.3 is 0 Å². The van der Waals surface area contributed by atoms with E-state index >= 15 is 0 Å². The second kappa shape index (κ2) is 6.03. The predicted molar refractivity (Wildman–Crippen MR) is 70.3 cm³/mol. The van der Waals surface area contributed by atoms with Gasteiger partial charge in [0, 0.05) is 19.1 Å². The molecule has 0 spiro atoms. The first-order valence-corrected chi connectivity index (χ1v) is 6.42. The van der Waals surface area contributed by atoms with Crippen LogP contribution in [0.1, 0.15) is 18.4 Å². The molecule has 0 saturated carbocycles. The fourth-order valence-corrected chi connectivity index (χ4v) is 2.30. The van der Waals surface area contributed by atoms with E-state index in [-0.39, 0.29) is 0 Å². The van der Waals surface area contributed by atoms with E-state index in [0.29, 0.717) is 6.04 Å². The van der Waals surface area contributed by atoms with Gasteiger partial charge in [0.05, 0.1) is 0 Å². The molecular formula is C14H22N2O. The quantitative estimate of drug-likeness (QED) is 0.863. The zero-order chi connectivity index (χ0) is 12.1. The molecule has 1 fully saturated rings. The second-order valence-corrected chi connectivity index (χ2v) is 4.82. The largest absolute Gasteiger partial charge is 0.492 e. The maximum Gasteiger partial charge on any atom is 0.122 e. The number of nitrogens with two attached hydrogens (primary N) is 1. The van der Waals surface area contributed by atoms with Crippen LogP contribution in [0.2, 0.25) is 0 Å². The monoisotopic (exact) mass is 234 g/mol. The first-order chi connectivity index (χ1) is 8.25. The molecule has 1 atom stereocenters. The third-order valence-corrected chi connectivity index (χ3v) is 3.30. The summed E-state index contributed by atoms with van der Waals surface area (Å²) in [6, 6.07) is 8.50. The van der Waals surface area contributed by atoms with Gasteiger partial charge in [0.25, 0.3) is 0 Å². The summed E-state index contributed by atoms with van der Waals surface area (Å²) in [7, 11) is 0. The number of likely N-dealkylation sites (tertiary alicyclic amines) is 1. The molecule has 0 radical (unpaired) electrons. The molecule has 1 saturated heterocycles. The third-order valence-electron chi connectivity index (χ3n) is 3.30. The Morgan fingerprint density at radius 2 is 2.24 bits per heavy atom. The van der Waals surface area contributed by atoms with Gasteiger partial charge in [-0.15, -0.1) is 0 Å². The zero-order valence-electron chi connectivity index (χ0n) is 10.6. The molecule has 1 unspecified atom stereocenters. The van der Waals surface area contributed by atoms with Gasteiger partial charge in [-0.3, -0.25) is 4.90 Å². The van der Waals surface area contributed by atoms with Crippen LogP contribution in [0.3, 0.4) is 0 Å². The maximum absolute atomic E-state index is 5.95.